The standard InChI is InChI=1S/C13H15ClO3S/c14-12-6-5-10(7-11(12)13(15)16)18(17)8-9-3-1-2-4-9/h5-7,9H,1-4,8H2,(H,15,16). The molecule has 0 bridgehead atoms. The van der Waals surface area contributed by atoms with Gasteiger partial charge in [0, 0.05) is 10.6 Å². The van der Waals surface area contributed by atoms with Gasteiger partial charge in [0.25, 0.3) is 0 Å². The first kappa shape index (κ1) is 13.6. The highest BCUT2D eigenvalue weighted by molar-refractivity contribution is 7.85. The van der Waals surface area contributed by atoms with Gasteiger partial charge in [0.2, 0.25) is 0 Å². The highest BCUT2D eigenvalue weighted by atomic mass is 35.5. The van der Waals surface area contributed by atoms with Gasteiger partial charge in [0.05, 0.1) is 21.4 Å². The summed E-state index contributed by atoms with van der Waals surface area (Å²) in [5.41, 5.74) is 0.0222. The molecule has 0 aromatic heterocycles. The molecule has 0 amide bonds. The molecule has 5 heteroatoms. The minimum atomic E-state index is -1.13. The largest absolute Gasteiger partial charge is 0.478 e. The van der Waals surface area contributed by atoms with Gasteiger partial charge in [0.1, 0.15) is 0 Å². The zero-order chi connectivity index (χ0) is 13.1. The van der Waals surface area contributed by atoms with Gasteiger partial charge >= 0.3 is 5.97 Å². The predicted molar refractivity (Wildman–Crippen MR) is 71.6 cm³/mol. The number of halogens is 1. The van der Waals surface area contributed by atoms with Crippen LogP contribution < -0.4 is 0 Å². The van der Waals surface area contributed by atoms with Gasteiger partial charge < -0.3 is 5.11 Å². The van der Waals surface area contributed by atoms with E-state index in [0.717, 1.165) is 12.8 Å². The fourth-order valence-corrected chi connectivity index (χ4v) is 3.92. The molecule has 1 aliphatic carbocycles. The molecule has 0 saturated heterocycles. The van der Waals surface area contributed by atoms with Crippen molar-refractivity contribution in [2.75, 3.05) is 5.75 Å². The maximum Gasteiger partial charge on any atom is 0.337 e. The Bertz CT molecular complexity index is 481. The highest BCUT2D eigenvalue weighted by Gasteiger charge is 2.19. The molecular weight excluding hydrogens is 272 g/mol. The molecule has 0 aliphatic heterocycles. The van der Waals surface area contributed by atoms with Crippen molar-refractivity contribution in [2.45, 2.75) is 30.6 Å². The number of carboxylic acids is 1. The van der Waals surface area contributed by atoms with Crippen LogP contribution in [0.1, 0.15) is 36.0 Å². The minimum Gasteiger partial charge on any atom is -0.478 e. The van der Waals surface area contributed by atoms with E-state index in [0.29, 0.717) is 16.6 Å². The molecule has 1 N–H and O–H groups in total. The molecule has 1 atom stereocenters. The summed E-state index contributed by atoms with van der Waals surface area (Å²) in [5, 5.41) is 9.16. The van der Waals surface area contributed by atoms with Crippen molar-refractivity contribution in [1.82, 2.24) is 0 Å². The van der Waals surface area contributed by atoms with Crippen molar-refractivity contribution in [1.29, 1.82) is 0 Å². The smallest absolute Gasteiger partial charge is 0.337 e. The molecule has 1 aromatic rings. The summed E-state index contributed by atoms with van der Waals surface area (Å²) >= 11 is 5.79. The third kappa shape index (κ3) is 3.12. The second-order valence-electron chi connectivity index (χ2n) is 4.61. The zero-order valence-corrected chi connectivity index (χ0v) is 11.5. The van der Waals surface area contributed by atoms with E-state index in [9.17, 15) is 9.00 Å². The lowest BCUT2D eigenvalue weighted by Crippen LogP contribution is -2.09. The SMILES string of the molecule is O=C(O)c1cc(S(=O)CC2CCCC2)ccc1Cl. The zero-order valence-electron chi connectivity index (χ0n) is 9.89. The van der Waals surface area contributed by atoms with Crippen LogP contribution >= 0.6 is 11.6 Å². The molecular formula is C13H15ClO3S. The first-order valence-corrected chi connectivity index (χ1v) is 7.69. The monoisotopic (exact) mass is 286 g/mol. The number of benzene rings is 1. The molecule has 2 rings (SSSR count). The van der Waals surface area contributed by atoms with E-state index in [1.54, 1.807) is 6.07 Å². The Morgan fingerprint density at radius 2 is 2.06 bits per heavy atom. The summed E-state index contributed by atoms with van der Waals surface area (Å²) in [7, 11) is -1.13. The van der Waals surface area contributed by atoms with E-state index in [1.165, 1.54) is 25.0 Å². The topological polar surface area (TPSA) is 54.4 Å². The van der Waals surface area contributed by atoms with Crippen molar-refractivity contribution in [3.63, 3.8) is 0 Å². The van der Waals surface area contributed by atoms with Gasteiger partial charge in [0.15, 0.2) is 0 Å². The predicted octanol–water partition coefficient (Wildman–Crippen LogP) is 3.34. The van der Waals surface area contributed by atoms with Crippen LogP contribution in [0.25, 0.3) is 0 Å². The van der Waals surface area contributed by atoms with Crippen LogP contribution in [-0.2, 0) is 10.8 Å². The maximum atomic E-state index is 12.2. The second-order valence-corrected chi connectivity index (χ2v) is 6.51. The Hall–Kier alpha value is -0.870. The normalized spacial score (nSPS) is 17.8. The molecule has 0 radical (unpaired) electrons. The number of aromatic carboxylic acids is 1. The first-order valence-electron chi connectivity index (χ1n) is 5.99. The van der Waals surface area contributed by atoms with Crippen LogP contribution in [0, 0.1) is 5.92 Å². The molecule has 1 saturated carbocycles. The van der Waals surface area contributed by atoms with Gasteiger partial charge in [-0.3, -0.25) is 4.21 Å². The average molecular weight is 287 g/mol. The third-order valence-electron chi connectivity index (χ3n) is 3.29. The Balaban J connectivity index is 2.14. The summed E-state index contributed by atoms with van der Waals surface area (Å²) in [6.45, 7) is 0. The molecule has 18 heavy (non-hydrogen) atoms. The van der Waals surface area contributed by atoms with Crippen molar-refractivity contribution in [2.24, 2.45) is 5.92 Å². The van der Waals surface area contributed by atoms with Gasteiger partial charge in [-0.15, -0.1) is 0 Å². The molecule has 98 valence electrons. The van der Waals surface area contributed by atoms with Crippen LogP contribution in [-0.4, -0.2) is 21.0 Å². The van der Waals surface area contributed by atoms with Crippen LogP contribution in [0.3, 0.4) is 0 Å². The molecule has 3 nitrogen and oxygen atoms in total. The van der Waals surface area contributed by atoms with E-state index < -0.39 is 16.8 Å². The molecule has 1 aromatic carbocycles. The second kappa shape index (κ2) is 5.85. The fourth-order valence-electron chi connectivity index (χ4n) is 2.30. The van der Waals surface area contributed by atoms with Crippen molar-refractivity contribution < 1.29 is 14.1 Å². The lowest BCUT2D eigenvalue weighted by molar-refractivity contribution is 0.0697. The highest BCUT2D eigenvalue weighted by Crippen LogP contribution is 2.27. The third-order valence-corrected chi connectivity index (χ3v) is 5.18. The number of hydrogen-bond donors (Lipinski definition) is 1. The van der Waals surface area contributed by atoms with E-state index in [4.69, 9.17) is 16.7 Å². The molecule has 0 spiro atoms. The summed E-state index contributed by atoms with van der Waals surface area (Å²) < 4.78 is 12.2. The Kier molecular flexibility index (Phi) is 4.40. The van der Waals surface area contributed by atoms with E-state index in [1.807, 2.05) is 0 Å². The lowest BCUT2D eigenvalue weighted by Gasteiger charge is -2.09. The Labute approximate surface area is 114 Å². The number of carboxylic acid groups (broad SMARTS) is 1. The number of carbonyl (C=O) groups is 1. The van der Waals surface area contributed by atoms with Gasteiger partial charge in [-0.2, -0.15) is 0 Å². The summed E-state index contributed by atoms with van der Waals surface area (Å²) in [4.78, 5) is 11.5. The molecule has 0 heterocycles. The van der Waals surface area contributed by atoms with E-state index in [2.05, 4.69) is 0 Å². The molecule has 1 unspecified atom stereocenters. The summed E-state index contributed by atoms with van der Waals surface area (Å²) in [6, 6.07) is 4.59. The fraction of sp³-hybridized carbons (Fsp3) is 0.462. The lowest BCUT2D eigenvalue weighted by atomic mass is 10.1. The maximum absolute atomic E-state index is 12.2. The molecule has 1 aliphatic rings. The Morgan fingerprint density at radius 3 is 2.67 bits per heavy atom. The van der Waals surface area contributed by atoms with E-state index in [-0.39, 0.29) is 10.6 Å². The number of rotatable bonds is 4. The van der Waals surface area contributed by atoms with Crippen molar-refractivity contribution in [3.8, 4) is 0 Å². The quantitative estimate of drug-likeness (QED) is 0.923. The van der Waals surface area contributed by atoms with Gasteiger partial charge in [-0.25, -0.2) is 4.79 Å². The van der Waals surface area contributed by atoms with Gasteiger partial charge in [-0.1, -0.05) is 24.4 Å². The van der Waals surface area contributed by atoms with Crippen LogP contribution in [0.15, 0.2) is 23.1 Å². The first-order chi connectivity index (χ1) is 8.58. The van der Waals surface area contributed by atoms with Crippen molar-refractivity contribution >= 4 is 28.4 Å². The van der Waals surface area contributed by atoms with E-state index >= 15 is 0 Å². The minimum absolute atomic E-state index is 0.0222. The van der Waals surface area contributed by atoms with Crippen molar-refractivity contribution in [3.05, 3.63) is 28.8 Å². The molecule has 1 fully saturated rings. The van der Waals surface area contributed by atoms with Crippen LogP contribution in [0.2, 0.25) is 5.02 Å². The van der Waals surface area contributed by atoms with Gasteiger partial charge in [-0.05, 0) is 37.0 Å². The number of hydrogen-bond acceptors (Lipinski definition) is 2. The Morgan fingerprint density at radius 1 is 1.39 bits per heavy atom. The summed E-state index contributed by atoms with van der Waals surface area (Å²) in [5.74, 6) is 0.0512. The van der Waals surface area contributed by atoms with Crippen LogP contribution in [0.4, 0.5) is 0 Å². The van der Waals surface area contributed by atoms with Crippen LogP contribution in [0.5, 0.6) is 0 Å². The summed E-state index contributed by atoms with van der Waals surface area (Å²) in [6.07, 6.45) is 4.68. The average Bonchev–Trinajstić information content (AvgIpc) is 2.81.